The molecule has 0 spiro atoms. The van der Waals surface area contributed by atoms with E-state index in [0.717, 1.165) is 16.3 Å². The number of aromatic nitrogens is 1. The van der Waals surface area contributed by atoms with Crippen LogP contribution >= 0.6 is 0 Å². The smallest absolute Gasteiger partial charge is 0.354 e. The van der Waals surface area contributed by atoms with E-state index in [1.807, 2.05) is 24.3 Å². The van der Waals surface area contributed by atoms with Gasteiger partial charge in [-0.05, 0) is 28.5 Å². The molecule has 3 rings (SSSR count). The van der Waals surface area contributed by atoms with Crippen molar-refractivity contribution in [3.63, 3.8) is 0 Å². The summed E-state index contributed by atoms with van der Waals surface area (Å²) >= 11 is 0. The number of hydrogen-bond acceptors (Lipinski definition) is 3. The van der Waals surface area contributed by atoms with E-state index in [2.05, 4.69) is 23.2 Å². The maximum absolute atomic E-state index is 10.7. The topological polar surface area (TPSA) is 59.4 Å². The highest BCUT2D eigenvalue weighted by molar-refractivity contribution is 5.86. The summed E-state index contributed by atoms with van der Waals surface area (Å²) in [6.45, 7) is 0.412. The average Bonchev–Trinajstić information content (AvgIpc) is 2.53. The predicted molar refractivity (Wildman–Crippen MR) is 79.5 cm³/mol. The highest BCUT2D eigenvalue weighted by atomic mass is 16.5. The van der Waals surface area contributed by atoms with Crippen molar-refractivity contribution in [3.8, 4) is 5.75 Å². The van der Waals surface area contributed by atoms with Gasteiger partial charge in [0.15, 0.2) is 0 Å². The molecule has 4 nitrogen and oxygen atoms in total. The van der Waals surface area contributed by atoms with Crippen LogP contribution < -0.4 is 4.74 Å². The molecular weight excluding hydrogens is 266 g/mol. The van der Waals surface area contributed by atoms with E-state index < -0.39 is 5.97 Å². The van der Waals surface area contributed by atoms with Crippen LogP contribution in [0.5, 0.6) is 5.75 Å². The van der Waals surface area contributed by atoms with Gasteiger partial charge in [-0.25, -0.2) is 9.78 Å². The Morgan fingerprint density at radius 1 is 1.05 bits per heavy atom. The van der Waals surface area contributed by atoms with Gasteiger partial charge >= 0.3 is 5.97 Å². The molecule has 0 saturated carbocycles. The molecule has 4 heteroatoms. The van der Waals surface area contributed by atoms with Gasteiger partial charge < -0.3 is 9.84 Å². The van der Waals surface area contributed by atoms with Crippen molar-refractivity contribution in [2.75, 3.05) is 0 Å². The highest BCUT2D eigenvalue weighted by Crippen LogP contribution is 2.20. The fourth-order valence-corrected chi connectivity index (χ4v) is 2.17. The minimum absolute atomic E-state index is 0.00695. The van der Waals surface area contributed by atoms with Crippen molar-refractivity contribution in [1.82, 2.24) is 4.98 Å². The van der Waals surface area contributed by atoms with Crippen LogP contribution in [0.15, 0.2) is 60.8 Å². The number of carbonyl (C=O) groups is 1. The first-order chi connectivity index (χ1) is 10.2. The molecule has 104 valence electrons. The van der Waals surface area contributed by atoms with Crippen LogP contribution in [0.2, 0.25) is 0 Å². The van der Waals surface area contributed by atoms with Crippen molar-refractivity contribution >= 4 is 16.7 Å². The Hall–Kier alpha value is -2.88. The lowest BCUT2D eigenvalue weighted by Gasteiger charge is -2.09. The van der Waals surface area contributed by atoms with E-state index in [-0.39, 0.29) is 5.69 Å². The van der Waals surface area contributed by atoms with E-state index in [0.29, 0.717) is 12.4 Å². The molecule has 1 N–H and O–H groups in total. The molecule has 0 atom stereocenters. The molecule has 1 heterocycles. The number of pyridine rings is 1. The molecule has 0 aliphatic rings. The second-order valence-electron chi connectivity index (χ2n) is 4.61. The van der Waals surface area contributed by atoms with Crippen LogP contribution in [0, 0.1) is 0 Å². The van der Waals surface area contributed by atoms with Crippen LogP contribution in [-0.4, -0.2) is 16.1 Å². The van der Waals surface area contributed by atoms with Crippen molar-refractivity contribution in [2.45, 2.75) is 6.61 Å². The minimum Gasteiger partial charge on any atom is -0.487 e. The van der Waals surface area contributed by atoms with Gasteiger partial charge in [0.25, 0.3) is 0 Å². The number of fused-ring (bicyclic) bond motifs is 1. The lowest BCUT2D eigenvalue weighted by molar-refractivity contribution is 0.0690. The number of hydrogen-bond donors (Lipinski definition) is 1. The zero-order valence-corrected chi connectivity index (χ0v) is 11.2. The Kier molecular flexibility index (Phi) is 3.51. The van der Waals surface area contributed by atoms with Gasteiger partial charge in [0, 0.05) is 0 Å². The van der Waals surface area contributed by atoms with E-state index in [1.165, 1.54) is 12.3 Å². The summed E-state index contributed by atoms with van der Waals surface area (Å²) in [5.41, 5.74) is 1.09. The number of carboxylic acid groups (broad SMARTS) is 1. The second kappa shape index (κ2) is 5.63. The van der Waals surface area contributed by atoms with E-state index in [9.17, 15) is 4.79 Å². The Labute approximate surface area is 121 Å². The van der Waals surface area contributed by atoms with Gasteiger partial charge in [-0.1, -0.05) is 42.5 Å². The zero-order valence-electron chi connectivity index (χ0n) is 11.2. The zero-order chi connectivity index (χ0) is 14.7. The van der Waals surface area contributed by atoms with E-state index in [4.69, 9.17) is 9.84 Å². The average molecular weight is 279 g/mol. The second-order valence-corrected chi connectivity index (χ2v) is 4.61. The third-order valence-corrected chi connectivity index (χ3v) is 3.23. The molecule has 0 aliphatic heterocycles. The molecule has 0 bridgehead atoms. The molecule has 2 aromatic carbocycles. The lowest BCUT2D eigenvalue weighted by Crippen LogP contribution is -2.01. The minimum atomic E-state index is -1.05. The SMILES string of the molecule is O=C(O)c1ccc(OCc2cccc3ccccc23)cn1. The van der Waals surface area contributed by atoms with Crippen molar-refractivity contribution in [1.29, 1.82) is 0 Å². The lowest BCUT2D eigenvalue weighted by atomic mass is 10.1. The Morgan fingerprint density at radius 3 is 2.62 bits per heavy atom. The maximum atomic E-state index is 10.7. The first kappa shape index (κ1) is 13.1. The first-order valence-corrected chi connectivity index (χ1v) is 6.53. The van der Waals surface area contributed by atoms with Crippen LogP contribution in [0.25, 0.3) is 10.8 Å². The van der Waals surface area contributed by atoms with Crippen molar-refractivity contribution in [2.24, 2.45) is 0 Å². The van der Waals surface area contributed by atoms with Crippen molar-refractivity contribution in [3.05, 3.63) is 72.1 Å². The summed E-state index contributed by atoms with van der Waals surface area (Å²) in [7, 11) is 0. The molecule has 0 saturated heterocycles. The van der Waals surface area contributed by atoms with Gasteiger partial charge in [0.05, 0.1) is 6.20 Å². The molecule has 3 aromatic rings. The van der Waals surface area contributed by atoms with Gasteiger partial charge in [0.1, 0.15) is 18.1 Å². The summed E-state index contributed by atoms with van der Waals surface area (Å²) < 4.78 is 5.68. The Balaban J connectivity index is 1.79. The standard InChI is InChI=1S/C17H13NO3/c19-17(20)16-9-8-14(10-18-16)21-11-13-6-3-5-12-4-1-2-7-15(12)13/h1-10H,11H2,(H,19,20). The number of aromatic carboxylic acids is 1. The molecular formula is C17H13NO3. The highest BCUT2D eigenvalue weighted by Gasteiger charge is 2.05. The molecule has 1 aromatic heterocycles. The van der Waals surface area contributed by atoms with Crippen LogP contribution in [0.1, 0.15) is 16.1 Å². The quantitative estimate of drug-likeness (QED) is 0.794. The van der Waals surface area contributed by atoms with E-state index >= 15 is 0 Å². The number of nitrogens with zero attached hydrogens (tertiary/aromatic N) is 1. The molecule has 0 fully saturated rings. The maximum Gasteiger partial charge on any atom is 0.354 e. The Morgan fingerprint density at radius 2 is 1.86 bits per heavy atom. The first-order valence-electron chi connectivity index (χ1n) is 6.53. The number of ether oxygens (including phenoxy) is 1. The molecule has 21 heavy (non-hydrogen) atoms. The summed E-state index contributed by atoms with van der Waals surface area (Å²) in [4.78, 5) is 14.6. The Bertz CT molecular complexity index is 776. The molecule has 0 amide bonds. The van der Waals surface area contributed by atoms with Gasteiger partial charge in [-0.2, -0.15) is 0 Å². The van der Waals surface area contributed by atoms with Gasteiger partial charge in [0.2, 0.25) is 0 Å². The van der Waals surface area contributed by atoms with Crippen molar-refractivity contribution < 1.29 is 14.6 Å². The van der Waals surface area contributed by atoms with Gasteiger partial charge in [-0.15, -0.1) is 0 Å². The normalized spacial score (nSPS) is 10.5. The molecule has 0 aliphatic carbocycles. The number of rotatable bonds is 4. The molecule has 0 radical (unpaired) electrons. The van der Waals surface area contributed by atoms with E-state index in [1.54, 1.807) is 6.07 Å². The van der Waals surface area contributed by atoms with Crippen LogP contribution in [-0.2, 0) is 6.61 Å². The van der Waals surface area contributed by atoms with Gasteiger partial charge in [-0.3, -0.25) is 0 Å². The predicted octanol–water partition coefficient (Wildman–Crippen LogP) is 3.51. The van der Waals surface area contributed by atoms with Crippen LogP contribution in [0.3, 0.4) is 0 Å². The summed E-state index contributed by atoms with van der Waals surface area (Å²) in [5.74, 6) is -0.497. The molecule has 0 unspecified atom stereocenters. The summed E-state index contributed by atoms with van der Waals surface area (Å²) in [6, 6.07) is 17.2. The number of carboxylic acids is 1. The fraction of sp³-hybridized carbons (Fsp3) is 0.0588. The third kappa shape index (κ3) is 2.84. The summed E-state index contributed by atoms with van der Waals surface area (Å²) in [6.07, 6.45) is 1.43. The summed E-state index contributed by atoms with van der Waals surface area (Å²) in [5, 5.41) is 11.1. The number of benzene rings is 2. The van der Waals surface area contributed by atoms with Crippen LogP contribution in [0.4, 0.5) is 0 Å². The fourth-order valence-electron chi connectivity index (χ4n) is 2.17. The largest absolute Gasteiger partial charge is 0.487 e. The monoisotopic (exact) mass is 279 g/mol. The third-order valence-electron chi connectivity index (χ3n) is 3.23.